The molecule has 1 aromatic carbocycles. The summed E-state index contributed by atoms with van der Waals surface area (Å²) in [5, 5.41) is 19.6. The summed E-state index contributed by atoms with van der Waals surface area (Å²) >= 11 is 0. The SMILES string of the molecule is O=C(Cn1c(=O)oc2ccccc21)NC(CO)C(=O)O. The molecule has 0 bridgehead atoms. The number of para-hydroxylation sites is 2. The van der Waals surface area contributed by atoms with E-state index in [0.717, 1.165) is 4.57 Å². The van der Waals surface area contributed by atoms with Crippen molar-refractivity contribution in [2.75, 3.05) is 6.61 Å². The molecule has 1 unspecified atom stereocenters. The van der Waals surface area contributed by atoms with Gasteiger partial charge in [-0.2, -0.15) is 0 Å². The minimum Gasteiger partial charge on any atom is -0.480 e. The van der Waals surface area contributed by atoms with Gasteiger partial charge in [-0.3, -0.25) is 9.36 Å². The van der Waals surface area contributed by atoms with Crippen molar-refractivity contribution in [3.8, 4) is 0 Å². The molecule has 20 heavy (non-hydrogen) atoms. The number of oxazole rings is 1. The number of hydrogen-bond acceptors (Lipinski definition) is 5. The van der Waals surface area contributed by atoms with E-state index in [-0.39, 0.29) is 6.54 Å². The number of benzene rings is 1. The largest absolute Gasteiger partial charge is 0.480 e. The molecule has 0 spiro atoms. The van der Waals surface area contributed by atoms with Crippen molar-refractivity contribution >= 4 is 23.0 Å². The minimum atomic E-state index is -1.41. The topological polar surface area (TPSA) is 122 Å². The van der Waals surface area contributed by atoms with Crippen molar-refractivity contribution in [3.63, 3.8) is 0 Å². The van der Waals surface area contributed by atoms with Crippen LogP contribution in [-0.2, 0) is 16.1 Å². The first-order valence-corrected chi connectivity index (χ1v) is 5.74. The van der Waals surface area contributed by atoms with Gasteiger partial charge in [0.2, 0.25) is 5.91 Å². The van der Waals surface area contributed by atoms with Crippen LogP contribution in [0.25, 0.3) is 11.1 Å². The summed E-state index contributed by atoms with van der Waals surface area (Å²) in [7, 11) is 0. The standard InChI is InChI=1S/C12H12N2O6/c15-6-7(11(17)18)13-10(16)5-14-8-3-1-2-4-9(8)20-12(14)19/h1-4,7,15H,5-6H2,(H,13,16)(H,17,18). The molecule has 0 saturated carbocycles. The Kier molecular flexibility index (Phi) is 3.85. The second-order valence-corrected chi connectivity index (χ2v) is 4.06. The normalized spacial score (nSPS) is 12.2. The Balaban J connectivity index is 2.20. The first kappa shape index (κ1) is 13.8. The third-order valence-corrected chi connectivity index (χ3v) is 2.69. The number of carbonyl (C=O) groups is 2. The molecular formula is C12H12N2O6. The first-order chi connectivity index (χ1) is 9.52. The molecule has 1 amide bonds. The van der Waals surface area contributed by atoms with Gasteiger partial charge in [-0.1, -0.05) is 12.1 Å². The number of aliphatic hydroxyl groups excluding tert-OH is 1. The third kappa shape index (κ3) is 2.69. The van der Waals surface area contributed by atoms with E-state index in [4.69, 9.17) is 14.6 Å². The van der Waals surface area contributed by atoms with E-state index < -0.39 is 30.3 Å². The molecule has 106 valence electrons. The highest BCUT2D eigenvalue weighted by atomic mass is 16.4. The number of aromatic nitrogens is 1. The summed E-state index contributed by atoms with van der Waals surface area (Å²) in [5.74, 6) is -2.78. The van der Waals surface area contributed by atoms with Crippen LogP contribution in [0.4, 0.5) is 0 Å². The quantitative estimate of drug-likeness (QED) is 0.656. The van der Waals surface area contributed by atoms with Crippen molar-refractivity contribution < 1.29 is 24.2 Å². The molecule has 0 aliphatic heterocycles. The smallest absolute Gasteiger partial charge is 0.420 e. The van der Waals surface area contributed by atoms with Crippen molar-refractivity contribution in [2.45, 2.75) is 12.6 Å². The van der Waals surface area contributed by atoms with Crippen molar-refractivity contribution in [3.05, 3.63) is 34.8 Å². The summed E-state index contributed by atoms with van der Waals surface area (Å²) in [6.45, 7) is -1.12. The summed E-state index contributed by atoms with van der Waals surface area (Å²) < 4.78 is 6.02. The fourth-order valence-electron chi connectivity index (χ4n) is 1.73. The number of carboxylic acid groups (broad SMARTS) is 1. The van der Waals surface area contributed by atoms with Crippen LogP contribution in [0.3, 0.4) is 0 Å². The number of carbonyl (C=O) groups excluding carboxylic acids is 1. The fraction of sp³-hybridized carbons (Fsp3) is 0.250. The number of nitrogens with zero attached hydrogens (tertiary/aromatic N) is 1. The molecular weight excluding hydrogens is 268 g/mol. The molecule has 1 aromatic heterocycles. The highest BCUT2D eigenvalue weighted by Gasteiger charge is 2.20. The molecule has 1 atom stereocenters. The van der Waals surface area contributed by atoms with Crippen LogP contribution in [0.1, 0.15) is 0 Å². The average molecular weight is 280 g/mol. The number of rotatable bonds is 5. The van der Waals surface area contributed by atoms with Gasteiger partial charge in [0.05, 0.1) is 12.1 Å². The molecule has 2 rings (SSSR count). The van der Waals surface area contributed by atoms with Gasteiger partial charge in [0.25, 0.3) is 0 Å². The van der Waals surface area contributed by atoms with Crippen molar-refractivity contribution in [2.24, 2.45) is 0 Å². The molecule has 1 heterocycles. The van der Waals surface area contributed by atoms with Crippen LogP contribution >= 0.6 is 0 Å². The summed E-state index contributed by atoms with van der Waals surface area (Å²) in [4.78, 5) is 34.0. The molecule has 0 aliphatic carbocycles. The molecule has 0 fully saturated rings. The summed E-state index contributed by atoms with van der Waals surface area (Å²) in [6, 6.07) is 5.14. The first-order valence-electron chi connectivity index (χ1n) is 5.74. The zero-order valence-corrected chi connectivity index (χ0v) is 10.3. The van der Waals surface area contributed by atoms with Crippen LogP contribution in [0, 0.1) is 0 Å². The highest BCUT2D eigenvalue weighted by molar-refractivity contribution is 5.84. The lowest BCUT2D eigenvalue weighted by Crippen LogP contribution is -2.45. The van der Waals surface area contributed by atoms with Crippen LogP contribution in [0.15, 0.2) is 33.5 Å². The molecule has 8 heteroatoms. The lowest BCUT2D eigenvalue weighted by atomic mass is 10.3. The average Bonchev–Trinajstić information content (AvgIpc) is 2.72. The molecule has 2 aromatic rings. The van der Waals surface area contributed by atoms with Gasteiger partial charge in [0.15, 0.2) is 5.58 Å². The predicted octanol–water partition coefficient (Wildman–Crippen LogP) is -0.844. The maximum atomic E-state index is 11.7. The van der Waals surface area contributed by atoms with E-state index in [2.05, 4.69) is 5.32 Å². The Bertz CT molecular complexity index is 701. The summed E-state index contributed by atoms with van der Waals surface area (Å²) in [6.07, 6.45) is 0. The van der Waals surface area contributed by atoms with Gasteiger partial charge in [0.1, 0.15) is 12.6 Å². The van der Waals surface area contributed by atoms with Gasteiger partial charge < -0.3 is 19.9 Å². The van der Waals surface area contributed by atoms with Gasteiger partial charge >= 0.3 is 11.7 Å². The van der Waals surface area contributed by atoms with E-state index in [1.54, 1.807) is 24.3 Å². The van der Waals surface area contributed by atoms with E-state index in [1.165, 1.54) is 0 Å². The number of amides is 1. The van der Waals surface area contributed by atoms with E-state index >= 15 is 0 Å². The molecule has 8 nitrogen and oxygen atoms in total. The molecule has 3 N–H and O–H groups in total. The van der Waals surface area contributed by atoms with E-state index in [9.17, 15) is 14.4 Å². The van der Waals surface area contributed by atoms with Gasteiger partial charge in [-0.05, 0) is 12.1 Å². The number of aliphatic hydroxyl groups is 1. The highest BCUT2D eigenvalue weighted by Crippen LogP contribution is 2.11. The lowest BCUT2D eigenvalue weighted by molar-refractivity contribution is -0.143. The van der Waals surface area contributed by atoms with Crippen LogP contribution < -0.4 is 11.1 Å². The van der Waals surface area contributed by atoms with Crippen molar-refractivity contribution in [1.29, 1.82) is 0 Å². The van der Waals surface area contributed by atoms with Gasteiger partial charge in [0, 0.05) is 0 Å². The van der Waals surface area contributed by atoms with E-state index in [1.807, 2.05) is 0 Å². The van der Waals surface area contributed by atoms with Crippen molar-refractivity contribution in [1.82, 2.24) is 9.88 Å². The van der Waals surface area contributed by atoms with Crippen LogP contribution in [-0.4, -0.2) is 39.3 Å². The Labute approximate surface area is 112 Å². The van der Waals surface area contributed by atoms with Crippen LogP contribution in [0.2, 0.25) is 0 Å². The number of hydrogen-bond donors (Lipinski definition) is 3. The second-order valence-electron chi connectivity index (χ2n) is 4.06. The van der Waals surface area contributed by atoms with Gasteiger partial charge in [-0.15, -0.1) is 0 Å². The third-order valence-electron chi connectivity index (χ3n) is 2.69. The predicted molar refractivity (Wildman–Crippen MR) is 67.1 cm³/mol. The zero-order chi connectivity index (χ0) is 14.7. The Morgan fingerprint density at radius 2 is 2.05 bits per heavy atom. The zero-order valence-electron chi connectivity index (χ0n) is 10.3. The lowest BCUT2D eigenvalue weighted by Gasteiger charge is -2.11. The number of carboxylic acids is 1. The monoisotopic (exact) mass is 280 g/mol. The van der Waals surface area contributed by atoms with Gasteiger partial charge in [-0.25, -0.2) is 9.59 Å². The fourth-order valence-corrected chi connectivity index (χ4v) is 1.73. The number of aliphatic carboxylic acids is 1. The Hall–Kier alpha value is -2.61. The molecule has 0 saturated heterocycles. The molecule has 0 aliphatic rings. The maximum Gasteiger partial charge on any atom is 0.420 e. The Morgan fingerprint density at radius 1 is 1.35 bits per heavy atom. The van der Waals surface area contributed by atoms with Crippen LogP contribution in [0.5, 0.6) is 0 Å². The maximum absolute atomic E-state index is 11.7. The van der Waals surface area contributed by atoms with E-state index in [0.29, 0.717) is 11.1 Å². The number of fused-ring (bicyclic) bond motifs is 1. The number of nitrogens with one attached hydrogen (secondary N) is 1. The second kappa shape index (κ2) is 5.57. The summed E-state index contributed by atoms with van der Waals surface area (Å²) in [5.41, 5.74) is 0.769. The molecule has 0 radical (unpaired) electrons. The minimum absolute atomic E-state index is 0.335. The Morgan fingerprint density at radius 3 is 2.70 bits per heavy atom.